The summed E-state index contributed by atoms with van der Waals surface area (Å²) in [6, 6.07) is 14.3. The van der Waals surface area contributed by atoms with Crippen molar-refractivity contribution in [3.05, 3.63) is 64.4 Å². The lowest BCUT2D eigenvalue weighted by molar-refractivity contribution is 0.0725. The van der Waals surface area contributed by atoms with Crippen LogP contribution in [0.5, 0.6) is 0 Å². The van der Waals surface area contributed by atoms with E-state index < -0.39 is 6.10 Å². The molecular weight excluding hydrogens is 326 g/mol. The number of hydrogen-bond acceptors (Lipinski definition) is 2. The zero-order chi connectivity index (χ0) is 15.3. The lowest BCUT2D eigenvalue weighted by Crippen LogP contribution is -2.40. The first-order valence-corrected chi connectivity index (χ1v) is 8.25. The summed E-state index contributed by atoms with van der Waals surface area (Å²) in [6.07, 6.45) is 3.73. The molecule has 21 heavy (non-hydrogen) atoms. The average Bonchev–Trinajstić information content (AvgIpc) is 2.52. The van der Waals surface area contributed by atoms with Gasteiger partial charge in [0.2, 0.25) is 0 Å². The van der Waals surface area contributed by atoms with Gasteiger partial charge in [-0.25, -0.2) is 0 Å². The van der Waals surface area contributed by atoms with Gasteiger partial charge in [0.1, 0.15) is 0 Å². The molecule has 2 nitrogen and oxygen atoms in total. The lowest BCUT2D eigenvalue weighted by Gasteiger charge is -2.37. The molecule has 1 atom stereocenters. The summed E-state index contributed by atoms with van der Waals surface area (Å²) >= 11 is 3.39. The van der Waals surface area contributed by atoms with Gasteiger partial charge < -0.3 is 5.11 Å². The molecule has 0 aliphatic heterocycles. The SMILES string of the molecule is CCC(CC)(c1ccccc1)C(O)Cc1ccc(Br)cn1. The minimum atomic E-state index is -0.441. The van der Waals surface area contributed by atoms with Crippen LogP contribution in [-0.4, -0.2) is 16.2 Å². The maximum absolute atomic E-state index is 10.9. The second-order valence-electron chi connectivity index (χ2n) is 5.42. The molecule has 1 heterocycles. The minimum absolute atomic E-state index is 0.212. The topological polar surface area (TPSA) is 33.1 Å². The third-order valence-corrected chi connectivity index (χ3v) is 4.91. The summed E-state index contributed by atoms with van der Waals surface area (Å²) in [7, 11) is 0. The summed E-state index contributed by atoms with van der Waals surface area (Å²) in [5.41, 5.74) is 1.92. The van der Waals surface area contributed by atoms with E-state index in [9.17, 15) is 5.11 Å². The number of hydrogen-bond donors (Lipinski definition) is 1. The quantitative estimate of drug-likeness (QED) is 0.833. The predicted octanol–water partition coefficient (Wildman–Crippen LogP) is 4.51. The van der Waals surface area contributed by atoms with Crippen LogP contribution in [0.15, 0.2) is 53.1 Å². The van der Waals surface area contributed by atoms with Crippen molar-refractivity contribution in [2.75, 3.05) is 0 Å². The smallest absolute Gasteiger partial charge is 0.0691 e. The highest BCUT2D eigenvalue weighted by Gasteiger charge is 2.36. The first kappa shape index (κ1) is 16.2. The Kier molecular flexibility index (Phi) is 5.54. The minimum Gasteiger partial charge on any atom is -0.392 e. The van der Waals surface area contributed by atoms with Crippen LogP contribution in [0.1, 0.15) is 37.9 Å². The van der Waals surface area contributed by atoms with Gasteiger partial charge in [0.15, 0.2) is 0 Å². The fraction of sp³-hybridized carbons (Fsp3) is 0.389. The van der Waals surface area contributed by atoms with E-state index in [-0.39, 0.29) is 5.41 Å². The zero-order valence-electron chi connectivity index (χ0n) is 12.6. The molecule has 0 amide bonds. The van der Waals surface area contributed by atoms with Gasteiger partial charge in [-0.3, -0.25) is 4.98 Å². The van der Waals surface area contributed by atoms with E-state index in [4.69, 9.17) is 0 Å². The van der Waals surface area contributed by atoms with Crippen molar-refractivity contribution in [1.29, 1.82) is 0 Å². The maximum atomic E-state index is 10.9. The van der Waals surface area contributed by atoms with E-state index in [1.165, 1.54) is 5.56 Å². The number of benzene rings is 1. The van der Waals surface area contributed by atoms with Gasteiger partial charge in [-0.1, -0.05) is 44.2 Å². The molecule has 0 saturated carbocycles. The highest BCUT2D eigenvalue weighted by Crippen LogP contribution is 2.36. The van der Waals surface area contributed by atoms with Crippen molar-refractivity contribution in [2.45, 2.75) is 44.6 Å². The molecule has 1 aromatic heterocycles. The summed E-state index contributed by atoms with van der Waals surface area (Å²) in [5.74, 6) is 0. The van der Waals surface area contributed by atoms with Crippen molar-refractivity contribution in [1.82, 2.24) is 4.98 Å². The van der Waals surface area contributed by atoms with E-state index in [0.717, 1.165) is 23.0 Å². The Bertz CT molecular complexity index is 549. The number of rotatable bonds is 6. The molecule has 1 N–H and O–H groups in total. The zero-order valence-corrected chi connectivity index (χ0v) is 14.2. The molecule has 1 unspecified atom stereocenters. The van der Waals surface area contributed by atoms with Gasteiger partial charge in [-0.05, 0) is 46.5 Å². The van der Waals surface area contributed by atoms with Crippen LogP contribution in [0, 0.1) is 0 Å². The van der Waals surface area contributed by atoms with Crippen LogP contribution in [-0.2, 0) is 11.8 Å². The number of aliphatic hydroxyl groups excluding tert-OH is 1. The molecule has 0 saturated heterocycles. The van der Waals surface area contributed by atoms with E-state index in [1.807, 2.05) is 30.3 Å². The van der Waals surface area contributed by atoms with Gasteiger partial charge in [0, 0.05) is 28.2 Å². The number of aromatic nitrogens is 1. The fourth-order valence-corrected chi connectivity index (χ4v) is 3.25. The first-order valence-electron chi connectivity index (χ1n) is 7.46. The van der Waals surface area contributed by atoms with Gasteiger partial charge in [0.25, 0.3) is 0 Å². The molecule has 0 radical (unpaired) electrons. The molecule has 112 valence electrons. The largest absolute Gasteiger partial charge is 0.392 e. The van der Waals surface area contributed by atoms with E-state index in [0.29, 0.717) is 6.42 Å². The van der Waals surface area contributed by atoms with E-state index in [1.54, 1.807) is 6.20 Å². The normalized spacial score (nSPS) is 13.1. The predicted molar refractivity (Wildman–Crippen MR) is 90.3 cm³/mol. The summed E-state index contributed by atoms with van der Waals surface area (Å²) in [6.45, 7) is 4.30. The van der Waals surface area contributed by atoms with Crippen molar-refractivity contribution < 1.29 is 5.11 Å². The maximum Gasteiger partial charge on any atom is 0.0691 e. The Balaban J connectivity index is 2.27. The van der Waals surface area contributed by atoms with Crippen LogP contribution < -0.4 is 0 Å². The number of nitrogens with zero attached hydrogens (tertiary/aromatic N) is 1. The Labute approximate surface area is 135 Å². The van der Waals surface area contributed by atoms with Crippen molar-refractivity contribution in [3.63, 3.8) is 0 Å². The standard InChI is InChI=1S/C18H22BrNO/c1-3-18(4-2,14-8-6-5-7-9-14)17(21)12-16-11-10-15(19)13-20-16/h5-11,13,17,21H,3-4,12H2,1-2H3. The Hall–Kier alpha value is -1.19. The molecule has 3 heteroatoms. The highest BCUT2D eigenvalue weighted by atomic mass is 79.9. The molecule has 2 rings (SSSR count). The number of halogens is 1. The molecule has 2 aromatic rings. The number of pyridine rings is 1. The van der Waals surface area contributed by atoms with Gasteiger partial charge >= 0.3 is 0 Å². The molecule has 1 aromatic carbocycles. The summed E-state index contributed by atoms with van der Waals surface area (Å²) < 4.78 is 0.959. The monoisotopic (exact) mass is 347 g/mol. The summed E-state index contributed by atoms with van der Waals surface area (Å²) in [4.78, 5) is 4.39. The Morgan fingerprint density at radius 1 is 1.10 bits per heavy atom. The Morgan fingerprint density at radius 2 is 1.76 bits per heavy atom. The van der Waals surface area contributed by atoms with E-state index >= 15 is 0 Å². The average molecular weight is 348 g/mol. The molecular formula is C18H22BrNO. The Morgan fingerprint density at radius 3 is 2.29 bits per heavy atom. The first-order chi connectivity index (χ1) is 10.1. The number of aliphatic hydroxyl groups is 1. The molecule has 0 fully saturated rings. The van der Waals surface area contributed by atoms with E-state index in [2.05, 4.69) is 46.9 Å². The molecule has 0 spiro atoms. The molecule has 0 aliphatic carbocycles. The van der Waals surface area contributed by atoms with Gasteiger partial charge in [0.05, 0.1) is 6.10 Å². The molecule has 0 bridgehead atoms. The second-order valence-corrected chi connectivity index (χ2v) is 6.33. The second kappa shape index (κ2) is 7.19. The third kappa shape index (κ3) is 3.53. The summed E-state index contributed by atoms with van der Waals surface area (Å²) in [5, 5.41) is 10.9. The third-order valence-electron chi connectivity index (χ3n) is 4.44. The van der Waals surface area contributed by atoms with Crippen molar-refractivity contribution in [2.24, 2.45) is 0 Å². The highest BCUT2D eigenvalue weighted by molar-refractivity contribution is 9.10. The van der Waals surface area contributed by atoms with Gasteiger partial charge in [-0.2, -0.15) is 0 Å². The van der Waals surface area contributed by atoms with Crippen LogP contribution >= 0.6 is 15.9 Å². The van der Waals surface area contributed by atoms with Crippen molar-refractivity contribution >= 4 is 15.9 Å². The van der Waals surface area contributed by atoms with Crippen LogP contribution in [0.2, 0.25) is 0 Å². The fourth-order valence-electron chi connectivity index (χ4n) is 3.01. The van der Waals surface area contributed by atoms with Crippen LogP contribution in [0.25, 0.3) is 0 Å². The molecule has 0 aliphatic rings. The van der Waals surface area contributed by atoms with Crippen molar-refractivity contribution in [3.8, 4) is 0 Å². The lowest BCUT2D eigenvalue weighted by atomic mass is 9.70. The van der Waals surface area contributed by atoms with Crippen LogP contribution in [0.4, 0.5) is 0 Å². The van der Waals surface area contributed by atoms with Crippen LogP contribution in [0.3, 0.4) is 0 Å². The van der Waals surface area contributed by atoms with Gasteiger partial charge in [-0.15, -0.1) is 0 Å².